The molecule has 0 aliphatic carbocycles. The highest BCUT2D eigenvalue weighted by Crippen LogP contribution is 2.34. The van der Waals surface area contributed by atoms with Crippen LogP contribution in [0.1, 0.15) is 6.92 Å². The Morgan fingerprint density at radius 3 is 2.88 bits per heavy atom. The average Bonchev–Trinajstić information content (AvgIpc) is 2.94. The summed E-state index contributed by atoms with van der Waals surface area (Å²) >= 11 is 0. The number of carbonyl (C=O) groups excluding carboxylic acids is 2. The van der Waals surface area contributed by atoms with Crippen LogP contribution in [-0.2, 0) is 9.53 Å². The molecule has 3 rings (SSSR count). The van der Waals surface area contributed by atoms with Gasteiger partial charge in [0, 0.05) is 33.1 Å². The highest BCUT2D eigenvalue weighted by molar-refractivity contribution is 5.94. The molecule has 2 aliphatic heterocycles. The Morgan fingerprint density at radius 2 is 2.17 bits per heavy atom. The average molecular weight is 336 g/mol. The first kappa shape index (κ1) is 16.5. The summed E-state index contributed by atoms with van der Waals surface area (Å²) in [5.41, 5.74) is 0.934. The van der Waals surface area contributed by atoms with Crippen LogP contribution in [0.4, 0.5) is 20.6 Å². The van der Waals surface area contributed by atoms with E-state index in [0.717, 1.165) is 13.1 Å². The monoisotopic (exact) mass is 336 g/mol. The van der Waals surface area contributed by atoms with Crippen LogP contribution in [0.2, 0.25) is 0 Å². The van der Waals surface area contributed by atoms with Crippen LogP contribution >= 0.6 is 0 Å². The second-order valence-electron chi connectivity index (χ2n) is 5.90. The molecule has 2 N–H and O–H groups in total. The van der Waals surface area contributed by atoms with Gasteiger partial charge in [0.05, 0.1) is 24.5 Å². The maximum atomic E-state index is 14.5. The first-order chi connectivity index (χ1) is 11.6. The van der Waals surface area contributed by atoms with Crippen LogP contribution < -0.4 is 20.4 Å². The number of para-hydroxylation sites is 1. The molecule has 2 amide bonds. The summed E-state index contributed by atoms with van der Waals surface area (Å²) in [5.74, 6) is -0.538. The van der Waals surface area contributed by atoms with Crippen molar-refractivity contribution in [2.45, 2.75) is 13.0 Å². The minimum absolute atomic E-state index is 0.184. The van der Waals surface area contributed by atoms with Crippen molar-refractivity contribution in [2.24, 2.45) is 0 Å². The smallest absolute Gasteiger partial charge is 0.414 e. The number of ether oxygens (including phenoxy) is 1. The van der Waals surface area contributed by atoms with E-state index in [4.69, 9.17) is 4.74 Å². The zero-order valence-corrected chi connectivity index (χ0v) is 13.5. The van der Waals surface area contributed by atoms with Crippen LogP contribution in [0.15, 0.2) is 18.2 Å². The zero-order valence-electron chi connectivity index (χ0n) is 13.5. The SMILES string of the molecule is CC(=O)NCC1CN(c2cccc(F)c2N2CCNCC2)C(=O)O1. The molecule has 0 spiro atoms. The van der Waals surface area contributed by atoms with Gasteiger partial charge in [0.2, 0.25) is 5.91 Å². The van der Waals surface area contributed by atoms with Crippen LogP contribution in [0.5, 0.6) is 0 Å². The first-order valence-corrected chi connectivity index (χ1v) is 8.03. The third-order valence-electron chi connectivity index (χ3n) is 4.14. The molecular weight excluding hydrogens is 315 g/mol. The third kappa shape index (κ3) is 3.43. The summed E-state index contributed by atoms with van der Waals surface area (Å²) in [5, 5.41) is 5.86. The predicted octanol–water partition coefficient (Wildman–Crippen LogP) is 0.697. The van der Waals surface area contributed by atoms with Crippen LogP contribution in [0, 0.1) is 5.82 Å². The van der Waals surface area contributed by atoms with E-state index < -0.39 is 12.2 Å². The van der Waals surface area contributed by atoms with Crippen LogP contribution in [-0.4, -0.2) is 57.4 Å². The third-order valence-corrected chi connectivity index (χ3v) is 4.14. The lowest BCUT2D eigenvalue weighted by Crippen LogP contribution is -2.44. The minimum atomic E-state index is -0.521. The summed E-state index contributed by atoms with van der Waals surface area (Å²) in [6.45, 7) is 4.81. The number of nitrogens with one attached hydrogen (secondary N) is 2. The highest BCUT2D eigenvalue weighted by atomic mass is 19.1. The Hall–Kier alpha value is -2.35. The molecule has 2 fully saturated rings. The van der Waals surface area contributed by atoms with Gasteiger partial charge in [-0.1, -0.05) is 6.07 Å². The lowest BCUT2D eigenvalue weighted by Gasteiger charge is -2.32. The number of cyclic esters (lactones) is 1. The van der Waals surface area contributed by atoms with Gasteiger partial charge in [0.25, 0.3) is 0 Å². The molecule has 0 aromatic heterocycles. The number of hydrogen-bond acceptors (Lipinski definition) is 5. The van der Waals surface area contributed by atoms with Gasteiger partial charge >= 0.3 is 6.09 Å². The summed E-state index contributed by atoms with van der Waals surface area (Å²) in [4.78, 5) is 26.6. The lowest BCUT2D eigenvalue weighted by atomic mass is 10.2. The maximum Gasteiger partial charge on any atom is 0.414 e. The van der Waals surface area contributed by atoms with Gasteiger partial charge < -0.3 is 20.3 Å². The molecule has 1 atom stereocenters. The maximum absolute atomic E-state index is 14.5. The second kappa shape index (κ2) is 7.04. The summed E-state index contributed by atoms with van der Waals surface area (Å²) in [6, 6.07) is 4.71. The number of hydrogen-bond donors (Lipinski definition) is 2. The molecule has 2 saturated heterocycles. The summed E-state index contributed by atoms with van der Waals surface area (Å²) in [6.07, 6.45) is -0.965. The van der Waals surface area contributed by atoms with Gasteiger partial charge in [-0.25, -0.2) is 9.18 Å². The molecule has 8 heteroatoms. The van der Waals surface area contributed by atoms with Gasteiger partial charge in [-0.3, -0.25) is 9.69 Å². The fraction of sp³-hybridized carbons (Fsp3) is 0.500. The second-order valence-corrected chi connectivity index (χ2v) is 5.90. The Bertz CT molecular complexity index is 634. The first-order valence-electron chi connectivity index (χ1n) is 8.03. The molecule has 0 radical (unpaired) electrons. The fourth-order valence-corrected chi connectivity index (χ4v) is 3.01. The van der Waals surface area contributed by atoms with Crippen molar-refractivity contribution in [1.29, 1.82) is 0 Å². The van der Waals surface area contributed by atoms with E-state index in [9.17, 15) is 14.0 Å². The molecular formula is C16H21FN4O3. The minimum Gasteiger partial charge on any atom is -0.442 e. The van der Waals surface area contributed by atoms with Crippen LogP contribution in [0.3, 0.4) is 0 Å². The van der Waals surface area contributed by atoms with Crippen molar-refractivity contribution >= 4 is 23.4 Å². The van der Waals surface area contributed by atoms with Gasteiger partial charge in [-0.2, -0.15) is 0 Å². The largest absolute Gasteiger partial charge is 0.442 e. The van der Waals surface area contributed by atoms with E-state index >= 15 is 0 Å². The number of halogens is 1. The quantitative estimate of drug-likeness (QED) is 0.847. The number of benzene rings is 1. The summed E-state index contributed by atoms with van der Waals surface area (Å²) < 4.78 is 19.7. The molecule has 0 saturated carbocycles. The Labute approximate surface area is 139 Å². The van der Waals surface area contributed by atoms with Crippen molar-refractivity contribution < 1.29 is 18.7 Å². The van der Waals surface area contributed by atoms with Crippen molar-refractivity contribution in [3.8, 4) is 0 Å². The molecule has 1 aromatic rings. The Morgan fingerprint density at radius 1 is 1.42 bits per heavy atom. The normalized spacial score (nSPS) is 20.9. The molecule has 130 valence electrons. The van der Waals surface area contributed by atoms with Gasteiger partial charge in [0.15, 0.2) is 0 Å². The number of nitrogens with zero attached hydrogens (tertiary/aromatic N) is 2. The van der Waals surface area contributed by atoms with Gasteiger partial charge in [-0.15, -0.1) is 0 Å². The van der Waals surface area contributed by atoms with E-state index in [1.165, 1.54) is 17.9 Å². The zero-order chi connectivity index (χ0) is 17.1. The standard InChI is InChI=1S/C16H21FN4O3/c1-11(22)19-9-12-10-21(16(23)24-12)14-4-2-3-13(17)15(14)20-7-5-18-6-8-20/h2-4,12,18H,5-10H2,1H3,(H,19,22). The van der Waals surface area contributed by atoms with Crippen LogP contribution in [0.25, 0.3) is 0 Å². The van der Waals surface area contributed by atoms with Gasteiger partial charge in [0.1, 0.15) is 11.9 Å². The number of amides is 2. The molecule has 2 heterocycles. The molecule has 1 unspecified atom stereocenters. The lowest BCUT2D eigenvalue weighted by molar-refractivity contribution is -0.119. The summed E-state index contributed by atoms with van der Waals surface area (Å²) in [7, 11) is 0. The van der Waals surface area contributed by atoms with E-state index in [2.05, 4.69) is 10.6 Å². The van der Waals surface area contributed by atoms with Gasteiger partial charge in [-0.05, 0) is 12.1 Å². The Balaban J connectivity index is 1.82. The van der Waals surface area contributed by atoms with Crippen molar-refractivity contribution in [3.63, 3.8) is 0 Å². The Kier molecular flexibility index (Phi) is 4.84. The molecule has 7 nitrogen and oxygen atoms in total. The molecule has 0 bridgehead atoms. The molecule has 2 aliphatic rings. The number of anilines is 2. The van der Waals surface area contributed by atoms with E-state index in [0.29, 0.717) is 24.5 Å². The fourth-order valence-electron chi connectivity index (χ4n) is 3.01. The number of carbonyl (C=O) groups is 2. The number of piperazine rings is 1. The highest BCUT2D eigenvalue weighted by Gasteiger charge is 2.35. The van der Waals surface area contributed by atoms with E-state index in [-0.39, 0.29) is 24.8 Å². The number of rotatable bonds is 4. The van der Waals surface area contributed by atoms with E-state index in [1.807, 2.05) is 4.90 Å². The van der Waals surface area contributed by atoms with Crippen molar-refractivity contribution in [1.82, 2.24) is 10.6 Å². The van der Waals surface area contributed by atoms with Crippen molar-refractivity contribution in [2.75, 3.05) is 49.1 Å². The topological polar surface area (TPSA) is 73.9 Å². The predicted molar refractivity (Wildman–Crippen MR) is 87.8 cm³/mol. The molecule has 24 heavy (non-hydrogen) atoms. The van der Waals surface area contributed by atoms with Crippen molar-refractivity contribution in [3.05, 3.63) is 24.0 Å². The van der Waals surface area contributed by atoms with E-state index in [1.54, 1.807) is 12.1 Å². The molecule has 1 aromatic carbocycles.